The summed E-state index contributed by atoms with van der Waals surface area (Å²) in [5.74, 6) is 1.79. The predicted molar refractivity (Wildman–Crippen MR) is 209 cm³/mol. The Bertz CT molecular complexity index is 3210. The van der Waals surface area contributed by atoms with Gasteiger partial charge in [-0.15, -0.1) is 0 Å². The number of pyridine rings is 1. The topological polar surface area (TPSA) is 77.8 Å². The second kappa shape index (κ2) is 11.2. The molecule has 11 aromatic rings. The first kappa shape index (κ1) is 28.6. The van der Waals surface area contributed by atoms with Crippen LogP contribution in [0.15, 0.2) is 167 Å². The van der Waals surface area contributed by atoms with Crippen LogP contribution in [0.1, 0.15) is 0 Å². The number of para-hydroxylation sites is 1. The Morgan fingerprint density at radius 2 is 0.981 bits per heavy atom. The number of rotatable bonds is 4. The molecule has 4 aromatic heterocycles. The molecule has 0 fully saturated rings. The van der Waals surface area contributed by atoms with Crippen molar-refractivity contribution in [2.24, 2.45) is 0 Å². The van der Waals surface area contributed by atoms with Crippen molar-refractivity contribution < 1.29 is 8.83 Å². The highest BCUT2D eigenvalue weighted by atomic mass is 16.3. The molecular formula is C46H26N4O2. The van der Waals surface area contributed by atoms with E-state index in [4.69, 9.17) is 23.8 Å². The Hall–Kier alpha value is -7.18. The highest BCUT2D eigenvalue weighted by Crippen LogP contribution is 2.40. The molecule has 0 saturated carbocycles. The van der Waals surface area contributed by atoms with Gasteiger partial charge in [0.25, 0.3) is 0 Å². The number of nitrogens with zero attached hydrogens (tertiary/aromatic N) is 4. The van der Waals surface area contributed by atoms with Crippen LogP contribution in [0, 0.1) is 0 Å². The van der Waals surface area contributed by atoms with Crippen LogP contribution in [0.5, 0.6) is 0 Å². The largest absolute Gasteiger partial charge is 0.456 e. The molecule has 0 aliphatic rings. The number of aromatic nitrogens is 4. The summed E-state index contributed by atoms with van der Waals surface area (Å²) < 4.78 is 12.4. The van der Waals surface area contributed by atoms with Crippen molar-refractivity contribution in [3.05, 3.63) is 158 Å². The number of fused-ring (bicyclic) bond motifs is 8. The molecule has 0 atom stereocenters. The first-order valence-electron chi connectivity index (χ1n) is 17.2. The Balaban J connectivity index is 1.12. The van der Waals surface area contributed by atoms with Gasteiger partial charge in [0.05, 0.1) is 0 Å². The maximum atomic E-state index is 6.25. The molecule has 52 heavy (non-hydrogen) atoms. The van der Waals surface area contributed by atoms with E-state index < -0.39 is 0 Å². The van der Waals surface area contributed by atoms with Crippen LogP contribution in [-0.2, 0) is 0 Å². The molecule has 6 heteroatoms. The van der Waals surface area contributed by atoms with Crippen LogP contribution >= 0.6 is 0 Å². The van der Waals surface area contributed by atoms with Crippen molar-refractivity contribution in [2.45, 2.75) is 0 Å². The van der Waals surface area contributed by atoms with Crippen LogP contribution in [0.4, 0.5) is 0 Å². The van der Waals surface area contributed by atoms with Gasteiger partial charge in [0.15, 0.2) is 17.5 Å². The molecule has 0 unspecified atom stereocenters. The monoisotopic (exact) mass is 666 g/mol. The van der Waals surface area contributed by atoms with Gasteiger partial charge in [-0.25, -0.2) is 19.9 Å². The van der Waals surface area contributed by atoms with E-state index in [0.29, 0.717) is 23.2 Å². The van der Waals surface area contributed by atoms with E-state index in [2.05, 4.69) is 108 Å². The molecule has 0 aliphatic heterocycles. The fraction of sp³-hybridized carbons (Fsp3) is 0. The van der Waals surface area contributed by atoms with Gasteiger partial charge >= 0.3 is 0 Å². The van der Waals surface area contributed by atoms with Crippen LogP contribution in [0.3, 0.4) is 0 Å². The zero-order valence-corrected chi connectivity index (χ0v) is 27.6. The molecule has 0 N–H and O–H groups in total. The fourth-order valence-corrected chi connectivity index (χ4v) is 7.59. The molecule has 0 spiro atoms. The molecular weight excluding hydrogens is 641 g/mol. The highest BCUT2D eigenvalue weighted by Gasteiger charge is 2.19. The average molecular weight is 667 g/mol. The summed E-state index contributed by atoms with van der Waals surface area (Å²) in [6.45, 7) is 0. The van der Waals surface area contributed by atoms with Gasteiger partial charge in [-0.2, -0.15) is 0 Å². The molecule has 11 rings (SSSR count). The minimum absolute atomic E-state index is 0.589. The molecule has 0 bridgehead atoms. The smallest absolute Gasteiger partial charge is 0.227 e. The third-order valence-corrected chi connectivity index (χ3v) is 9.99. The van der Waals surface area contributed by atoms with Crippen molar-refractivity contribution in [1.82, 2.24) is 19.9 Å². The van der Waals surface area contributed by atoms with Gasteiger partial charge in [0, 0.05) is 44.4 Å². The van der Waals surface area contributed by atoms with Gasteiger partial charge in [-0.05, 0) is 75.1 Å². The van der Waals surface area contributed by atoms with Gasteiger partial charge in [0.2, 0.25) is 5.71 Å². The molecule has 0 amide bonds. The van der Waals surface area contributed by atoms with Gasteiger partial charge in [-0.3, -0.25) is 0 Å². The molecule has 0 aliphatic carbocycles. The Labute approximate surface area is 296 Å². The maximum absolute atomic E-state index is 6.25. The van der Waals surface area contributed by atoms with Crippen LogP contribution in [0.25, 0.3) is 111 Å². The Morgan fingerprint density at radius 3 is 1.87 bits per heavy atom. The first-order chi connectivity index (χ1) is 25.7. The summed E-state index contributed by atoms with van der Waals surface area (Å²) in [6, 6.07) is 51.9. The lowest BCUT2D eigenvalue weighted by Crippen LogP contribution is -2.00. The first-order valence-corrected chi connectivity index (χ1v) is 17.2. The standard InChI is InChI=1S/C46H26N4O2/c1-2-10-28-25-30(21-20-27(28)9-1)43-48-44(50-45(49-43)36-15-7-18-39-42(36)35-12-3-4-17-38(35)51-39)31-22-23-32-29(26-31)11-5-13-33(32)34-14-6-19-40-41(34)37-16-8-24-47-46(37)52-40/h1-26H. The maximum Gasteiger partial charge on any atom is 0.227 e. The zero-order valence-electron chi connectivity index (χ0n) is 27.6. The third-order valence-electron chi connectivity index (χ3n) is 9.99. The van der Waals surface area contributed by atoms with E-state index in [0.717, 1.165) is 87.7 Å². The zero-order chi connectivity index (χ0) is 34.2. The molecule has 0 radical (unpaired) electrons. The summed E-state index contributed by atoms with van der Waals surface area (Å²) in [5.41, 5.74) is 8.01. The second-order valence-electron chi connectivity index (χ2n) is 13.0. The Morgan fingerprint density at radius 1 is 0.365 bits per heavy atom. The summed E-state index contributed by atoms with van der Waals surface area (Å²) in [7, 11) is 0. The lowest BCUT2D eigenvalue weighted by atomic mass is 9.94. The summed E-state index contributed by atoms with van der Waals surface area (Å²) >= 11 is 0. The molecule has 242 valence electrons. The quantitative estimate of drug-likeness (QED) is 0.186. The normalized spacial score (nSPS) is 11.8. The van der Waals surface area contributed by atoms with Gasteiger partial charge < -0.3 is 8.83 Å². The molecule has 0 saturated heterocycles. The van der Waals surface area contributed by atoms with E-state index in [1.165, 1.54) is 0 Å². The van der Waals surface area contributed by atoms with E-state index >= 15 is 0 Å². The minimum atomic E-state index is 0.589. The van der Waals surface area contributed by atoms with Crippen LogP contribution < -0.4 is 0 Å². The molecule has 6 nitrogen and oxygen atoms in total. The number of hydrogen-bond donors (Lipinski definition) is 0. The number of furan rings is 2. The van der Waals surface area contributed by atoms with Crippen molar-refractivity contribution in [3.63, 3.8) is 0 Å². The molecule has 4 heterocycles. The highest BCUT2D eigenvalue weighted by molar-refractivity contribution is 6.15. The van der Waals surface area contributed by atoms with Crippen molar-refractivity contribution in [3.8, 4) is 45.3 Å². The Kier molecular flexibility index (Phi) is 6.15. The van der Waals surface area contributed by atoms with E-state index in [1.807, 2.05) is 48.5 Å². The summed E-state index contributed by atoms with van der Waals surface area (Å²) in [5, 5.41) is 8.56. The van der Waals surface area contributed by atoms with Gasteiger partial charge in [-0.1, -0.05) is 109 Å². The fourth-order valence-electron chi connectivity index (χ4n) is 7.59. The second-order valence-corrected chi connectivity index (χ2v) is 13.0. The van der Waals surface area contributed by atoms with Crippen LogP contribution in [-0.4, -0.2) is 19.9 Å². The van der Waals surface area contributed by atoms with E-state index in [-0.39, 0.29) is 0 Å². The van der Waals surface area contributed by atoms with Crippen molar-refractivity contribution >= 4 is 65.6 Å². The summed E-state index contributed by atoms with van der Waals surface area (Å²) in [4.78, 5) is 19.9. The number of benzene rings is 7. The van der Waals surface area contributed by atoms with E-state index in [1.54, 1.807) is 6.20 Å². The van der Waals surface area contributed by atoms with Gasteiger partial charge in [0.1, 0.15) is 16.7 Å². The SMILES string of the molecule is c1ccc2cc(-c3nc(-c4ccc5c(-c6cccc7oc8ncccc8c67)cccc5c4)nc(-c4cccc5oc6ccccc6c45)n3)ccc2c1. The minimum Gasteiger partial charge on any atom is -0.456 e. The van der Waals surface area contributed by atoms with Crippen molar-refractivity contribution in [2.75, 3.05) is 0 Å². The lowest BCUT2D eigenvalue weighted by Gasteiger charge is -2.12. The molecule has 7 aromatic carbocycles. The third kappa shape index (κ3) is 4.44. The van der Waals surface area contributed by atoms with Crippen LogP contribution in [0.2, 0.25) is 0 Å². The van der Waals surface area contributed by atoms with Crippen molar-refractivity contribution in [1.29, 1.82) is 0 Å². The lowest BCUT2D eigenvalue weighted by molar-refractivity contribution is 0.654. The average Bonchev–Trinajstić information content (AvgIpc) is 3.79. The summed E-state index contributed by atoms with van der Waals surface area (Å²) in [6.07, 6.45) is 1.76. The number of hydrogen-bond acceptors (Lipinski definition) is 6. The van der Waals surface area contributed by atoms with E-state index in [9.17, 15) is 0 Å². The predicted octanol–water partition coefficient (Wildman–Crippen LogP) is 12.0.